The maximum atomic E-state index is 14.0. The maximum Gasteiger partial charge on any atom is 0.162 e. The molecule has 0 N–H and O–H groups in total. The molecule has 0 aromatic heterocycles. The second-order valence-corrected chi connectivity index (χ2v) is 9.49. The Kier molecular flexibility index (Phi) is 6.71. The van der Waals surface area contributed by atoms with E-state index in [0.29, 0.717) is 23.5 Å². The Labute approximate surface area is 155 Å². The number of halogens is 2. The maximum absolute atomic E-state index is 14.0. The van der Waals surface area contributed by atoms with Gasteiger partial charge >= 0.3 is 0 Å². The van der Waals surface area contributed by atoms with E-state index in [4.69, 9.17) is 0 Å². The summed E-state index contributed by atoms with van der Waals surface area (Å²) in [4.78, 5) is 0. The predicted octanol–water partition coefficient (Wildman–Crippen LogP) is 5.60. The lowest BCUT2D eigenvalue weighted by Gasteiger charge is -2.37. The fourth-order valence-corrected chi connectivity index (χ4v) is 6.07. The highest BCUT2D eigenvalue weighted by molar-refractivity contribution is 6.08. The highest BCUT2D eigenvalue weighted by atomic mass is 28.1. The third-order valence-corrected chi connectivity index (χ3v) is 8.36. The molecule has 2 aliphatic rings. The molecular weight excluding hydrogens is 330 g/mol. The number of hydrogen-bond donors (Lipinski definition) is 0. The molecule has 25 heavy (non-hydrogen) atoms. The van der Waals surface area contributed by atoms with Crippen molar-refractivity contribution in [1.82, 2.24) is 0 Å². The first-order valence-electron chi connectivity index (χ1n) is 10.5. The zero-order chi connectivity index (χ0) is 17.8. The Morgan fingerprint density at radius 3 is 1.96 bits per heavy atom. The molecule has 0 unspecified atom stereocenters. The van der Waals surface area contributed by atoms with E-state index in [1.807, 2.05) is 0 Å². The van der Waals surface area contributed by atoms with E-state index in [1.165, 1.54) is 67.7 Å². The van der Waals surface area contributed by atoms with Crippen molar-refractivity contribution in [3.05, 3.63) is 34.9 Å². The minimum Gasteiger partial charge on any atom is -0.203 e. The van der Waals surface area contributed by atoms with Gasteiger partial charge in [-0.3, -0.25) is 0 Å². The summed E-state index contributed by atoms with van der Waals surface area (Å²) in [5.41, 5.74) is 0.966. The molecule has 1 aromatic carbocycles. The Hall–Kier alpha value is -0.703. The zero-order valence-corrected chi connectivity index (χ0v) is 18.0. The van der Waals surface area contributed by atoms with Gasteiger partial charge in [0.15, 0.2) is 11.6 Å². The predicted molar refractivity (Wildman–Crippen MR) is 105 cm³/mol. The molecule has 0 atom stereocenters. The van der Waals surface area contributed by atoms with Crippen molar-refractivity contribution >= 4 is 10.2 Å². The zero-order valence-electron chi connectivity index (χ0n) is 16.0. The smallest absolute Gasteiger partial charge is 0.162 e. The van der Waals surface area contributed by atoms with Gasteiger partial charge in [-0.15, -0.1) is 0 Å². The van der Waals surface area contributed by atoms with Crippen LogP contribution in [0.2, 0.25) is 6.04 Å². The first kappa shape index (κ1) is 19.1. The highest BCUT2D eigenvalue weighted by Gasteiger charge is 2.30. The monoisotopic (exact) mass is 364 g/mol. The van der Waals surface area contributed by atoms with Crippen LogP contribution in [-0.2, 0) is 6.42 Å². The molecule has 0 heterocycles. The van der Waals surface area contributed by atoms with E-state index in [0.717, 1.165) is 24.2 Å². The molecule has 0 amide bonds. The summed E-state index contributed by atoms with van der Waals surface area (Å²) in [6.07, 6.45) is 12.9. The summed E-state index contributed by atoms with van der Waals surface area (Å²) in [7, 11) is 1.37. The van der Waals surface area contributed by atoms with Crippen molar-refractivity contribution in [2.75, 3.05) is 0 Å². The number of hydrogen-bond acceptors (Lipinski definition) is 0. The van der Waals surface area contributed by atoms with Gasteiger partial charge in [-0.05, 0) is 80.2 Å². The van der Waals surface area contributed by atoms with Crippen LogP contribution in [0.15, 0.2) is 12.1 Å². The molecular formula is C22H34F2Si. The van der Waals surface area contributed by atoms with Crippen LogP contribution in [-0.4, -0.2) is 10.2 Å². The Morgan fingerprint density at radius 1 is 0.840 bits per heavy atom. The van der Waals surface area contributed by atoms with Crippen molar-refractivity contribution in [3.8, 4) is 0 Å². The SMILES string of the molecule is Cc1ccc(CCC2CCC(C3CCC(C[SiH3])CC3)CC2)c(F)c1F. The normalized spacial score (nSPS) is 30.5. The summed E-state index contributed by atoms with van der Waals surface area (Å²) >= 11 is 0. The molecule has 0 spiro atoms. The number of aryl methyl sites for hydroxylation is 2. The Bertz CT molecular complexity index is 555. The van der Waals surface area contributed by atoms with Crippen molar-refractivity contribution < 1.29 is 8.78 Å². The lowest BCUT2D eigenvalue weighted by Crippen LogP contribution is -2.26. The van der Waals surface area contributed by atoms with Gasteiger partial charge in [0.25, 0.3) is 0 Å². The molecule has 2 fully saturated rings. The lowest BCUT2D eigenvalue weighted by atomic mass is 9.69. The molecule has 0 radical (unpaired) electrons. The Balaban J connectivity index is 1.43. The average Bonchev–Trinajstić information content (AvgIpc) is 2.66. The van der Waals surface area contributed by atoms with E-state index in [9.17, 15) is 8.78 Å². The van der Waals surface area contributed by atoms with Gasteiger partial charge in [-0.2, -0.15) is 0 Å². The number of benzene rings is 1. The molecule has 0 bridgehead atoms. The molecule has 140 valence electrons. The molecule has 2 saturated carbocycles. The van der Waals surface area contributed by atoms with Gasteiger partial charge in [0, 0.05) is 10.2 Å². The lowest BCUT2D eigenvalue weighted by molar-refractivity contribution is 0.148. The molecule has 0 nitrogen and oxygen atoms in total. The summed E-state index contributed by atoms with van der Waals surface area (Å²) in [5.74, 6) is 2.40. The second-order valence-electron chi connectivity index (χ2n) is 8.68. The van der Waals surface area contributed by atoms with Crippen molar-refractivity contribution in [1.29, 1.82) is 0 Å². The van der Waals surface area contributed by atoms with Crippen LogP contribution in [0, 0.1) is 42.2 Å². The number of rotatable bonds is 5. The molecule has 0 aliphatic heterocycles. The highest BCUT2D eigenvalue weighted by Crippen LogP contribution is 2.42. The van der Waals surface area contributed by atoms with Crippen LogP contribution in [0.5, 0.6) is 0 Å². The van der Waals surface area contributed by atoms with Gasteiger partial charge in [-0.1, -0.05) is 43.9 Å². The largest absolute Gasteiger partial charge is 0.203 e. The first-order valence-corrected chi connectivity index (χ1v) is 11.9. The van der Waals surface area contributed by atoms with E-state index in [1.54, 1.807) is 19.1 Å². The van der Waals surface area contributed by atoms with Gasteiger partial charge in [0.1, 0.15) is 0 Å². The second kappa shape index (κ2) is 8.79. The quantitative estimate of drug-likeness (QED) is 0.596. The summed E-state index contributed by atoms with van der Waals surface area (Å²) in [6, 6.07) is 4.98. The van der Waals surface area contributed by atoms with Gasteiger partial charge in [0.05, 0.1) is 0 Å². The van der Waals surface area contributed by atoms with E-state index in [-0.39, 0.29) is 0 Å². The van der Waals surface area contributed by atoms with Crippen LogP contribution < -0.4 is 0 Å². The molecule has 3 heteroatoms. The molecule has 0 saturated heterocycles. The van der Waals surface area contributed by atoms with Crippen LogP contribution in [0.1, 0.15) is 68.9 Å². The first-order chi connectivity index (χ1) is 12.1. The minimum absolute atomic E-state index is 0.405. The van der Waals surface area contributed by atoms with Crippen LogP contribution in [0.25, 0.3) is 0 Å². The van der Waals surface area contributed by atoms with Crippen LogP contribution in [0.3, 0.4) is 0 Å². The molecule has 2 aliphatic carbocycles. The fraction of sp³-hybridized carbons (Fsp3) is 0.727. The van der Waals surface area contributed by atoms with E-state index in [2.05, 4.69) is 0 Å². The van der Waals surface area contributed by atoms with Crippen molar-refractivity contribution in [2.24, 2.45) is 23.7 Å². The van der Waals surface area contributed by atoms with Gasteiger partial charge in [0.2, 0.25) is 0 Å². The van der Waals surface area contributed by atoms with Crippen LogP contribution in [0.4, 0.5) is 8.78 Å². The molecule has 1 aromatic rings. The summed E-state index contributed by atoms with van der Waals surface area (Å²) < 4.78 is 27.7. The van der Waals surface area contributed by atoms with Crippen LogP contribution >= 0.6 is 0 Å². The van der Waals surface area contributed by atoms with Gasteiger partial charge < -0.3 is 0 Å². The van der Waals surface area contributed by atoms with Crippen molar-refractivity contribution in [2.45, 2.75) is 77.2 Å². The van der Waals surface area contributed by atoms with E-state index >= 15 is 0 Å². The average molecular weight is 365 g/mol. The third kappa shape index (κ3) is 4.72. The summed E-state index contributed by atoms with van der Waals surface area (Å²) in [5, 5.41) is 0. The molecule has 3 rings (SSSR count). The van der Waals surface area contributed by atoms with Crippen molar-refractivity contribution in [3.63, 3.8) is 0 Å². The summed E-state index contributed by atoms with van der Waals surface area (Å²) in [6.45, 7) is 1.62. The minimum atomic E-state index is -0.661. The topological polar surface area (TPSA) is 0 Å². The van der Waals surface area contributed by atoms with E-state index < -0.39 is 11.6 Å². The fourth-order valence-electron chi connectivity index (χ4n) is 5.25. The Morgan fingerprint density at radius 2 is 1.40 bits per heavy atom. The van der Waals surface area contributed by atoms with Gasteiger partial charge in [-0.25, -0.2) is 8.78 Å². The third-order valence-electron chi connectivity index (χ3n) is 7.20. The standard InChI is InChI=1S/C22H34F2Si/c1-15-2-8-20(22(24)21(15)23)13-5-16-3-9-18(10-4-16)19-11-6-17(14-25)7-12-19/h2,8,16-19H,3-7,9-14H2,1,25H3.